The molecule has 2 aliphatic rings. The number of likely N-dealkylation sites (tertiary alicyclic amines) is 2. The lowest BCUT2D eigenvalue weighted by Gasteiger charge is -2.36. The normalized spacial score (nSPS) is 18.8. The SMILES string of the molecule is O=C(c1cc(-c2ccccc2)on1)N1CCC(N2CCCC2=O)CC1. The van der Waals surface area contributed by atoms with E-state index in [9.17, 15) is 9.59 Å². The molecular weight excluding hydrogens is 318 g/mol. The Labute approximate surface area is 146 Å². The first-order valence-electron chi connectivity index (χ1n) is 8.83. The van der Waals surface area contributed by atoms with E-state index in [1.54, 1.807) is 6.07 Å². The number of carbonyl (C=O) groups is 2. The molecular formula is C19H21N3O3. The second kappa shape index (κ2) is 6.70. The first-order chi connectivity index (χ1) is 12.2. The number of carbonyl (C=O) groups excluding carboxylic acids is 2. The summed E-state index contributed by atoms with van der Waals surface area (Å²) in [5.41, 5.74) is 1.25. The molecule has 2 aliphatic heterocycles. The lowest BCUT2D eigenvalue weighted by molar-refractivity contribution is -0.130. The molecule has 0 spiro atoms. The molecule has 130 valence electrons. The van der Waals surface area contributed by atoms with Gasteiger partial charge in [-0.1, -0.05) is 35.5 Å². The Morgan fingerprint density at radius 3 is 2.56 bits per heavy atom. The molecule has 2 amide bonds. The first-order valence-corrected chi connectivity index (χ1v) is 8.83. The first kappa shape index (κ1) is 15.9. The fraction of sp³-hybridized carbons (Fsp3) is 0.421. The molecule has 3 heterocycles. The Bertz CT molecular complexity index is 763. The van der Waals surface area contributed by atoms with E-state index < -0.39 is 0 Å². The highest BCUT2D eigenvalue weighted by Crippen LogP contribution is 2.24. The summed E-state index contributed by atoms with van der Waals surface area (Å²) in [5.74, 6) is 0.757. The standard InChI is InChI=1S/C19H21N3O3/c23-18-7-4-10-22(18)15-8-11-21(12-9-15)19(24)16-13-17(25-20-16)14-5-2-1-3-6-14/h1-3,5-6,13,15H,4,7-12H2. The summed E-state index contributed by atoms with van der Waals surface area (Å²) >= 11 is 0. The van der Waals surface area contributed by atoms with Crippen LogP contribution < -0.4 is 0 Å². The van der Waals surface area contributed by atoms with Crippen molar-refractivity contribution in [3.8, 4) is 11.3 Å². The van der Waals surface area contributed by atoms with Crippen molar-refractivity contribution in [1.29, 1.82) is 0 Å². The van der Waals surface area contributed by atoms with Gasteiger partial charge in [-0.25, -0.2) is 0 Å². The molecule has 6 nitrogen and oxygen atoms in total. The van der Waals surface area contributed by atoms with Gasteiger partial charge in [0.1, 0.15) is 0 Å². The molecule has 4 rings (SSSR count). The Balaban J connectivity index is 1.39. The molecule has 0 radical (unpaired) electrons. The fourth-order valence-electron chi connectivity index (χ4n) is 3.71. The van der Waals surface area contributed by atoms with Gasteiger partial charge in [0, 0.05) is 43.7 Å². The lowest BCUT2D eigenvalue weighted by Crippen LogP contribution is -2.47. The number of amides is 2. The Kier molecular flexibility index (Phi) is 4.26. The minimum atomic E-state index is -0.0999. The average Bonchev–Trinajstić information content (AvgIpc) is 3.31. The molecule has 1 aromatic carbocycles. The maximum atomic E-state index is 12.7. The summed E-state index contributed by atoms with van der Waals surface area (Å²) in [5, 5.41) is 3.95. The Hall–Kier alpha value is -2.63. The summed E-state index contributed by atoms with van der Waals surface area (Å²) in [6.45, 7) is 2.17. The zero-order valence-corrected chi connectivity index (χ0v) is 14.1. The number of benzene rings is 1. The summed E-state index contributed by atoms with van der Waals surface area (Å²) in [7, 11) is 0. The van der Waals surface area contributed by atoms with Gasteiger partial charge in [0.2, 0.25) is 5.91 Å². The van der Waals surface area contributed by atoms with E-state index in [2.05, 4.69) is 5.16 Å². The number of aromatic nitrogens is 1. The van der Waals surface area contributed by atoms with Crippen LogP contribution in [0, 0.1) is 0 Å². The fourth-order valence-corrected chi connectivity index (χ4v) is 3.71. The topological polar surface area (TPSA) is 66.7 Å². The van der Waals surface area contributed by atoms with E-state index in [4.69, 9.17) is 4.52 Å². The predicted molar refractivity (Wildman–Crippen MR) is 91.8 cm³/mol. The van der Waals surface area contributed by atoms with Gasteiger partial charge in [-0.05, 0) is 19.3 Å². The van der Waals surface area contributed by atoms with Gasteiger partial charge in [0.25, 0.3) is 5.91 Å². The Morgan fingerprint density at radius 1 is 1.12 bits per heavy atom. The molecule has 0 N–H and O–H groups in total. The van der Waals surface area contributed by atoms with Crippen LogP contribution in [-0.2, 0) is 4.79 Å². The van der Waals surface area contributed by atoms with E-state index >= 15 is 0 Å². The number of piperidine rings is 1. The van der Waals surface area contributed by atoms with Gasteiger partial charge in [0.05, 0.1) is 0 Å². The largest absolute Gasteiger partial charge is 0.355 e. The highest BCUT2D eigenvalue weighted by atomic mass is 16.5. The second-order valence-corrected chi connectivity index (χ2v) is 6.66. The van der Waals surface area contributed by atoms with Crippen molar-refractivity contribution in [2.75, 3.05) is 19.6 Å². The van der Waals surface area contributed by atoms with Crippen LogP contribution in [0.4, 0.5) is 0 Å². The van der Waals surface area contributed by atoms with E-state index in [1.807, 2.05) is 40.1 Å². The zero-order chi connectivity index (χ0) is 17.2. The minimum Gasteiger partial charge on any atom is -0.355 e. The molecule has 2 saturated heterocycles. The minimum absolute atomic E-state index is 0.0999. The maximum absolute atomic E-state index is 12.7. The van der Waals surface area contributed by atoms with Gasteiger partial charge < -0.3 is 14.3 Å². The third-order valence-corrected chi connectivity index (χ3v) is 5.09. The number of hydrogen-bond acceptors (Lipinski definition) is 4. The smallest absolute Gasteiger partial charge is 0.276 e. The molecule has 25 heavy (non-hydrogen) atoms. The molecule has 2 fully saturated rings. The van der Waals surface area contributed by atoms with Crippen LogP contribution in [0.5, 0.6) is 0 Å². The van der Waals surface area contributed by atoms with Crippen LogP contribution in [0.25, 0.3) is 11.3 Å². The molecule has 6 heteroatoms. The predicted octanol–water partition coefficient (Wildman–Crippen LogP) is 2.57. The third kappa shape index (κ3) is 3.16. The quantitative estimate of drug-likeness (QED) is 0.862. The van der Waals surface area contributed by atoms with Crippen LogP contribution in [0.2, 0.25) is 0 Å². The van der Waals surface area contributed by atoms with Gasteiger partial charge >= 0.3 is 0 Å². The van der Waals surface area contributed by atoms with E-state index in [-0.39, 0.29) is 17.9 Å². The number of nitrogens with zero attached hydrogens (tertiary/aromatic N) is 3. The van der Waals surface area contributed by atoms with Crippen molar-refractivity contribution in [2.24, 2.45) is 0 Å². The highest BCUT2D eigenvalue weighted by molar-refractivity contribution is 5.93. The van der Waals surface area contributed by atoms with E-state index in [0.29, 0.717) is 31.0 Å². The van der Waals surface area contributed by atoms with Gasteiger partial charge in [-0.3, -0.25) is 9.59 Å². The van der Waals surface area contributed by atoms with Gasteiger partial charge in [-0.2, -0.15) is 0 Å². The summed E-state index contributed by atoms with van der Waals surface area (Å²) in [4.78, 5) is 28.3. The number of rotatable bonds is 3. The second-order valence-electron chi connectivity index (χ2n) is 6.66. The van der Waals surface area contributed by atoms with E-state index in [0.717, 1.165) is 31.4 Å². The zero-order valence-electron chi connectivity index (χ0n) is 14.1. The number of hydrogen-bond donors (Lipinski definition) is 0. The van der Waals surface area contributed by atoms with Crippen LogP contribution in [0.3, 0.4) is 0 Å². The molecule has 0 atom stereocenters. The van der Waals surface area contributed by atoms with Crippen molar-refractivity contribution in [2.45, 2.75) is 31.7 Å². The lowest BCUT2D eigenvalue weighted by atomic mass is 10.0. The average molecular weight is 339 g/mol. The van der Waals surface area contributed by atoms with Gasteiger partial charge in [0.15, 0.2) is 11.5 Å². The Morgan fingerprint density at radius 2 is 1.88 bits per heavy atom. The maximum Gasteiger partial charge on any atom is 0.276 e. The third-order valence-electron chi connectivity index (χ3n) is 5.09. The van der Waals surface area contributed by atoms with Crippen molar-refractivity contribution >= 4 is 11.8 Å². The van der Waals surface area contributed by atoms with Crippen LogP contribution in [-0.4, -0.2) is 52.4 Å². The summed E-state index contributed by atoms with van der Waals surface area (Å²) in [6.07, 6.45) is 3.29. The monoisotopic (exact) mass is 339 g/mol. The highest BCUT2D eigenvalue weighted by Gasteiger charge is 2.32. The summed E-state index contributed by atoms with van der Waals surface area (Å²) < 4.78 is 5.33. The molecule has 0 bridgehead atoms. The molecule has 0 aliphatic carbocycles. The van der Waals surface area contributed by atoms with Gasteiger partial charge in [-0.15, -0.1) is 0 Å². The molecule has 2 aromatic rings. The summed E-state index contributed by atoms with van der Waals surface area (Å²) in [6, 6.07) is 11.6. The molecule has 0 saturated carbocycles. The molecule has 0 unspecified atom stereocenters. The van der Waals surface area contributed by atoms with Crippen molar-refractivity contribution in [3.63, 3.8) is 0 Å². The van der Waals surface area contributed by atoms with Crippen LogP contribution in [0.1, 0.15) is 36.2 Å². The van der Waals surface area contributed by atoms with Crippen molar-refractivity contribution in [3.05, 3.63) is 42.1 Å². The van der Waals surface area contributed by atoms with Crippen molar-refractivity contribution < 1.29 is 14.1 Å². The van der Waals surface area contributed by atoms with Crippen LogP contribution in [0.15, 0.2) is 40.9 Å². The molecule has 1 aromatic heterocycles. The van der Waals surface area contributed by atoms with Crippen LogP contribution >= 0.6 is 0 Å². The van der Waals surface area contributed by atoms with Crippen molar-refractivity contribution in [1.82, 2.24) is 15.0 Å². The van der Waals surface area contributed by atoms with E-state index in [1.165, 1.54) is 0 Å².